The molecule has 0 spiro atoms. The lowest BCUT2D eigenvalue weighted by Crippen LogP contribution is -2.30. The molecular weight excluding hydrogens is 331 g/mol. The van der Waals surface area contributed by atoms with Crippen LogP contribution in [0.4, 0.5) is 4.39 Å². The van der Waals surface area contributed by atoms with E-state index in [2.05, 4.69) is 31.7 Å². The summed E-state index contributed by atoms with van der Waals surface area (Å²) in [6, 6.07) is 10.6. The smallest absolute Gasteiger partial charge is 0.134 e. The van der Waals surface area contributed by atoms with Crippen molar-refractivity contribution in [1.82, 2.24) is 0 Å². The number of rotatable bonds is 5. The van der Waals surface area contributed by atoms with Gasteiger partial charge in [-0.3, -0.25) is 0 Å². The minimum Gasteiger partial charge on any atom is -0.206 e. The average molecular weight is 365 g/mol. The predicted molar refractivity (Wildman–Crippen MR) is 114 cm³/mol. The third-order valence-corrected chi connectivity index (χ3v) is 7.45. The quantitative estimate of drug-likeness (QED) is 0.475. The molecule has 144 valence electrons. The Morgan fingerprint density at radius 1 is 1.04 bits per heavy atom. The maximum atomic E-state index is 14.8. The van der Waals surface area contributed by atoms with E-state index < -0.39 is 0 Å². The lowest BCUT2D eigenvalue weighted by Gasteiger charge is -2.42. The van der Waals surface area contributed by atoms with Crippen LogP contribution in [0.15, 0.2) is 43.0 Å². The highest BCUT2D eigenvalue weighted by Gasteiger charge is 2.35. The minimum absolute atomic E-state index is 0.0394. The van der Waals surface area contributed by atoms with E-state index in [0.717, 1.165) is 46.9 Å². The summed E-state index contributed by atoms with van der Waals surface area (Å²) in [5, 5.41) is 1.83. The van der Waals surface area contributed by atoms with Crippen molar-refractivity contribution in [2.24, 2.45) is 17.8 Å². The molecule has 2 aliphatic carbocycles. The Kier molecular flexibility index (Phi) is 5.66. The maximum Gasteiger partial charge on any atom is 0.134 e. The van der Waals surface area contributed by atoms with Crippen LogP contribution in [0.3, 0.4) is 0 Å². The lowest BCUT2D eigenvalue weighted by atomic mass is 9.63. The van der Waals surface area contributed by atoms with Gasteiger partial charge in [-0.15, -0.1) is 6.58 Å². The van der Waals surface area contributed by atoms with E-state index in [-0.39, 0.29) is 5.82 Å². The first kappa shape index (κ1) is 18.7. The van der Waals surface area contributed by atoms with Gasteiger partial charge in [-0.2, -0.15) is 0 Å². The van der Waals surface area contributed by atoms with Gasteiger partial charge in [0.2, 0.25) is 0 Å². The molecule has 0 heterocycles. The number of hydrogen-bond acceptors (Lipinski definition) is 0. The molecule has 4 rings (SSSR count). The Bertz CT molecular complexity index is 805. The van der Waals surface area contributed by atoms with E-state index in [4.69, 9.17) is 0 Å². The van der Waals surface area contributed by atoms with Crippen molar-refractivity contribution in [3.8, 4) is 0 Å². The van der Waals surface area contributed by atoms with Gasteiger partial charge in [-0.25, -0.2) is 4.39 Å². The van der Waals surface area contributed by atoms with Gasteiger partial charge in [0.15, 0.2) is 0 Å². The first-order valence-corrected chi connectivity index (χ1v) is 11.0. The van der Waals surface area contributed by atoms with E-state index in [1.165, 1.54) is 50.5 Å². The van der Waals surface area contributed by atoms with Crippen LogP contribution in [0.1, 0.15) is 75.3 Å². The lowest BCUT2D eigenvalue weighted by molar-refractivity contribution is 0.116. The molecule has 4 atom stereocenters. The topological polar surface area (TPSA) is 0 Å². The molecular formula is C26H33F. The van der Waals surface area contributed by atoms with Crippen molar-refractivity contribution < 1.29 is 4.39 Å². The third kappa shape index (κ3) is 3.84. The van der Waals surface area contributed by atoms with Crippen LogP contribution in [0.25, 0.3) is 10.8 Å². The number of halogens is 1. The molecule has 0 aromatic heterocycles. The highest BCUT2D eigenvalue weighted by Crippen LogP contribution is 2.48. The molecule has 2 fully saturated rings. The van der Waals surface area contributed by atoms with Gasteiger partial charge in [0.25, 0.3) is 0 Å². The third-order valence-electron chi connectivity index (χ3n) is 7.45. The first-order chi connectivity index (χ1) is 13.2. The van der Waals surface area contributed by atoms with Crippen LogP contribution >= 0.6 is 0 Å². The maximum absolute atomic E-state index is 14.8. The number of allylic oxidation sites excluding steroid dienone is 1. The normalized spacial score (nSPS) is 28.1. The highest BCUT2D eigenvalue weighted by atomic mass is 19.1. The summed E-state index contributed by atoms with van der Waals surface area (Å²) in [4.78, 5) is 0. The molecule has 1 heteroatoms. The Morgan fingerprint density at radius 3 is 2.67 bits per heavy atom. The summed E-state index contributed by atoms with van der Waals surface area (Å²) in [5.41, 5.74) is 2.24. The first-order valence-electron chi connectivity index (χ1n) is 11.0. The molecule has 2 aliphatic rings. The van der Waals surface area contributed by atoms with Gasteiger partial charge < -0.3 is 0 Å². The zero-order valence-corrected chi connectivity index (χ0v) is 16.7. The summed E-state index contributed by atoms with van der Waals surface area (Å²) in [7, 11) is 0. The summed E-state index contributed by atoms with van der Waals surface area (Å²) in [6.07, 6.45) is 13.1. The van der Waals surface area contributed by atoms with Crippen molar-refractivity contribution in [1.29, 1.82) is 0 Å². The fourth-order valence-corrected chi connectivity index (χ4v) is 5.72. The zero-order chi connectivity index (χ0) is 18.8. The zero-order valence-electron chi connectivity index (χ0n) is 16.7. The summed E-state index contributed by atoms with van der Waals surface area (Å²) in [5.74, 6) is 3.48. The number of benzene rings is 2. The minimum atomic E-state index is -0.0394. The van der Waals surface area contributed by atoms with Crippen LogP contribution < -0.4 is 0 Å². The molecule has 0 saturated heterocycles. The molecule has 2 unspecified atom stereocenters. The van der Waals surface area contributed by atoms with E-state index in [0.29, 0.717) is 5.92 Å². The Labute approximate surface area is 163 Å². The fraction of sp³-hybridized carbons (Fsp3) is 0.538. The van der Waals surface area contributed by atoms with Gasteiger partial charge in [0.1, 0.15) is 5.82 Å². The molecule has 2 aromatic rings. The second-order valence-corrected chi connectivity index (χ2v) is 8.96. The molecule has 0 amide bonds. The molecule has 0 nitrogen and oxygen atoms in total. The molecule has 0 aliphatic heterocycles. The van der Waals surface area contributed by atoms with Gasteiger partial charge in [-0.1, -0.05) is 56.2 Å². The van der Waals surface area contributed by atoms with Gasteiger partial charge in [0.05, 0.1) is 0 Å². The Hall–Kier alpha value is -1.63. The molecule has 27 heavy (non-hydrogen) atoms. The van der Waals surface area contributed by atoms with Crippen molar-refractivity contribution in [2.45, 2.75) is 70.6 Å². The molecule has 0 radical (unpaired) electrons. The van der Waals surface area contributed by atoms with E-state index in [9.17, 15) is 4.39 Å². The number of aryl methyl sites for hydroxylation is 1. The van der Waals surface area contributed by atoms with Gasteiger partial charge >= 0.3 is 0 Å². The van der Waals surface area contributed by atoms with E-state index in [1.807, 2.05) is 18.2 Å². The van der Waals surface area contributed by atoms with Crippen LogP contribution in [0, 0.1) is 23.6 Å². The molecule has 2 saturated carbocycles. The second kappa shape index (κ2) is 8.17. The van der Waals surface area contributed by atoms with E-state index in [1.54, 1.807) is 0 Å². The van der Waals surface area contributed by atoms with Crippen LogP contribution in [-0.2, 0) is 6.42 Å². The predicted octanol–water partition coefficient (Wildman–Crippen LogP) is 7.81. The molecule has 0 N–H and O–H groups in total. The monoisotopic (exact) mass is 364 g/mol. The number of hydrogen-bond donors (Lipinski definition) is 0. The average Bonchev–Trinajstić information content (AvgIpc) is 2.72. The van der Waals surface area contributed by atoms with Crippen LogP contribution in [-0.4, -0.2) is 0 Å². The van der Waals surface area contributed by atoms with Crippen LogP contribution in [0.5, 0.6) is 0 Å². The largest absolute Gasteiger partial charge is 0.206 e. The van der Waals surface area contributed by atoms with Crippen LogP contribution in [0.2, 0.25) is 0 Å². The van der Waals surface area contributed by atoms with Crippen molar-refractivity contribution >= 4 is 10.8 Å². The summed E-state index contributed by atoms with van der Waals surface area (Å²) >= 11 is 0. The fourth-order valence-electron chi connectivity index (χ4n) is 5.72. The van der Waals surface area contributed by atoms with Gasteiger partial charge in [-0.05, 0) is 85.1 Å². The standard InChI is InChI=1S/C26H33F/c1-3-5-6-19-9-12-24-17-23(13-14-25(24)26(19)27)22-11-10-20-15-18(4-2)7-8-21(20)16-22/h3,9,12-14,17-18,20-22H,1,4-8,10-11,15-16H2,2H3/t18?,20-,21?,22-/m1/s1. The summed E-state index contributed by atoms with van der Waals surface area (Å²) < 4.78 is 14.8. The molecule has 2 aromatic carbocycles. The van der Waals surface area contributed by atoms with Crippen molar-refractivity contribution in [3.05, 3.63) is 59.9 Å². The van der Waals surface area contributed by atoms with E-state index >= 15 is 0 Å². The molecule has 0 bridgehead atoms. The van der Waals surface area contributed by atoms with Gasteiger partial charge in [0, 0.05) is 5.39 Å². The highest BCUT2D eigenvalue weighted by molar-refractivity contribution is 5.84. The van der Waals surface area contributed by atoms with Crippen molar-refractivity contribution in [3.63, 3.8) is 0 Å². The second-order valence-electron chi connectivity index (χ2n) is 8.96. The number of fused-ring (bicyclic) bond motifs is 2. The van der Waals surface area contributed by atoms with Crippen molar-refractivity contribution in [2.75, 3.05) is 0 Å². The Morgan fingerprint density at radius 2 is 1.85 bits per heavy atom. The SMILES string of the molecule is C=CCCc1ccc2cc([C@@H]3CC[C@@H]4CC(CC)CCC4C3)ccc2c1F. The Balaban J connectivity index is 1.52. The summed E-state index contributed by atoms with van der Waals surface area (Å²) in [6.45, 7) is 6.10.